The van der Waals surface area contributed by atoms with Crippen molar-refractivity contribution in [3.05, 3.63) is 101 Å². The smallest absolute Gasteiger partial charge is 0.246 e. The first-order chi connectivity index (χ1) is 12.6. The number of hydrogen-bond acceptors (Lipinski definition) is 2. The fraction of sp³-hybridized carbons (Fsp3) is 0.136. The lowest BCUT2D eigenvalue weighted by atomic mass is 10.0. The predicted octanol–water partition coefficient (Wildman–Crippen LogP) is 4.60. The topological polar surface area (TPSA) is 41.1 Å². The summed E-state index contributed by atoms with van der Waals surface area (Å²) in [6, 6.07) is 22.9. The maximum atomic E-state index is 13.1. The SMILES string of the molecule is Cc1ccccc1CN[C@H](C(=O)Nc1ccc(F)cc1)c1ccccc1. The minimum atomic E-state index is -0.513. The maximum Gasteiger partial charge on any atom is 0.246 e. The van der Waals surface area contributed by atoms with E-state index in [2.05, 4.69) is 10.6 Å². The van der Waals surface area contributed by atoms with Crippen LogP contribution < -0.4 is 10.6 Å². The average Bonchev–Trinajstić information content (AvgIpc) is 2.66. The van der Waals surface area contributed by atoms with Crippen LogP contribution in [0.2, 0.25) is 0 Å². The molecule has 3 aromatic rings. The number of halogens is 1. The summed E-state index contributed by atoms with van der Waals surface area (Å²) in [6.07, 6.45) is 0. The van der Waals surface area contributed by atoms with Gasteiger partial charge in [-0.2, -0.15) is 0 Å². The first kappa shape index (κ1) is 17.8. The Morgan fingerprint density at radius 3 is 2.27 bits per heavy atom. The molecule has 0 aromatic heterocycles. The summed E-state index contributed by atoms with van der Waals surface area (Å²) >= 11 is 0. The number of carbonyl (C=O) groups is 1. The number of nitrogens with one attached hydrogen (secondary N) is 2. The normalized spacial score (nSPS) is 11.8. The highest BCUT2D eigenvalue weighted by atomic mass is 19.1. The highest BCUT2D eigenvalue weighted by Crippen LogP contribution is 2.18. The van der Waals surface area contributed by atoms with Gasteiger partial charge in [-0.1, -0.05) is 54.6 Å². The number of aryl methyl sites for hydroxylation is 1. The quantitative estimate of drug-likeness (QED) is 0.683. The fourth-order valence-electron chi connectivity index (χ4n) is 2.78. The second-order valence-corrected chi connectivity index (χ2v) is 6.15. The molecule has 0 bridgehead atoms. The largest absolute Gasteiger partial charge is 0.324 e. The third-order valence-electron chi connectivity index (χ3n) is 4.26. The average molecular weight is 348 g/mol. The van der Waals surface area contributed by atoms with E-state index in [1.807, 2.05) is 61.5 Å². The van der Waals surface area contributed by atoms with Crippen molar-refractivity contribution in [3.8, 4) is 0 Å². The summed E-state index contributed by atoms with van der Waals surface area (Å²) in [5.74, 6) is -0.517. The van der Waals surface area contributed by atoms with Crippen LogP contribution in [0.4, 0.5) is 10.1 Å². The molecule has 0 heterocycles. The number of benzene rings is 3. The van der Waals surface area contributed by atoms with E-state index in [9.17, 15) is 9.18 Å². The Morgan fingerprint density at radius 1 is 0.923 bits per heavy atom. The Balaban J connectivity index is 1.78. The van der Waals surface area contributed by atoms with Crippen molar-refractivity contribution in [2.24, 2.45) is 0 Å². The van der Waals surface area contributed by atoms with Crippen molar-refractivity contribution in [2.75, 3.05) is 5.32 Å². The molecule has 132 valence electrons. The van der Waals surface area contributed by atoms with E-state index in [1.54, 1.807) is 12.1 Å². The van der Waals surface area contributed by atoms with Crippen LogP contribution in [0.5, 0.6) is 0 Å². The van der Waals surface area contributed by atoms with E-state index in [0.29, 0.717) is 12.2 Å². The van der Waals surface area contributed by atoms with Gasteiger partial charge in [0.1, 0.15) is 11.9 Å². The zero-order valence-electron chi connectivity index (χ0n) is 14.6. The number of anilines is 1. The Kier molecular flexibility index (Phi) is 5.77. The van der Waals surface area contributed by atoms with Gasteiger partial charge in [-0.05, 0) is 47.9 Å². The van der Waals surface area contributed by atoms with Crippen molar-refractivity contribution < 1.29 is 9.18 Å². The van der Waals surface area contributed by atoms with Gasteiger partial charge in [-0.3, -0.25) is 10.1 Å². The number of rotatable bonds is 6. The zero-order chi connectivity index (χ0) is 18.4. The van der Waals surface area contributed by atoms with Crippen molar-refractivity contribution in [1.29, 1.82) is 0 Å². The molecule has 0 saturated heterocycles. The van der Waals surface area contributed by atoms with Gasteiger partial charge in [0.05, 0.1) is 0 Å². The van der Waals surface area contributed by atoms with Gasteiger partial charge in [-0.15, -0.1) is 0 Å². The van der Waals surface area contributed by atoms with Crippen molar-refractivity contribution in [1.82, 2.24) is 5.32 Å². The fourth-order valence-corrected chi connectivity index (χ4v) is 2.78. The first-order valence-electron chi connectivity index (χ1n) is 8.53. The zero-order valence-corrected chi connectivity index (χ0v) is 14.6. The van der Waals surface area contributed by atoms with Gasteiger partial charge >= 0.3 is 0 Å². The minimum Gasteiger partial charge on any atom is -0.324 e. The number of hydrogen-bond donors (Lipinski definition) is 2. The van der Waals surface area contributed by atoms with Crippen LogP contribution in [0.15, 0.2) is 78.9 Å². The maximum absolute atomic E-state index is 13.1. The van der Waals surface area contributed by atoms with Crippen LogP contribution in [0, 0.1) is 12.7 Å². The van der Waals surface area contributed by atoms with Crippen LogP contribution in [-0.4, -0.2) is 5.91 Å². The Bertz CT molecular complexity index is 863. The standard InChI is InChI=1S/C22H21FN2O/c1-16-7-5-6-10-18(16)15-24-21(17-8-3-2-4-9-17)22(26)25-20-13-11-19(23)12-14-20/h2-14,21,24H,15H2,1H3,(H,25,26)/t21-/m0/s1. The molecule has 1 atom stereocenters. The second kappa shape index (κ2) is 8.41. The molecule has 0 aliphatic heterocycles. The molecule has 26 heavy (non-hydrogen) atoms. The van der Waals surface area contributed by atoms with Crippen LogP contribution in [0.1, 0.15) is 22.7 Å². The summed E-state index contributed by atoms with van der Waals surface area (Å²) in [5, 5.41) is 6.19. The molecular weight excluding hydrogens is 327 g/mol. The van der Waals surface area contributed by atoms with E-state index in [1.165, 1.54) is 17.7 Å². The van der Waals surface area contributed by atoms with Crippen LogP contribution in [0.3, 0.4) is 0 Å². The lowest BCUT2D eigenvalue weighted by Crippen LogP contribution is -2.32. The Hall–Kier alpha value is -2.98. The molecule has 0 fully saturated rings. The molecule has 0 saturated carbocycles. The third-order valence-corrected chi connectivity index (χ3v) is 4.26. The van der Waals surface area contributed by atoms with Gasteiger partial charge in [0, 0.05) is 12.2 Å². The van der Waals surface area contributed by atoms with E-state index in [4.69, 9.17) is 0 Å². The van der Waals surface area contributed by atoms with Crippen LogP contribution in [0.25, 0.3) is 0 Å². The van der Waals surface area contributed by atoms with Crippen LogP contribution >= 0.6 is 0 Å². The highest BCUT2D eigenvalue weighted by Gasteiger charge is 2.20. The Morgan fingerprint density at radius 2 is 1.58 bits per heavy atom. The molecule has 2 N–H and O–H groups in total. The number of carbonyl (C=O) groups excluding carboxylic acids is 1. The lowest BCUT2D eigenvalue weighted by molar-refractivity contribution is -0.118. The number of amides is 1. The highest BCUT2D eigenvalue weighted by molar-refractivity contribution is 5.95. The molecule has 0 aliphatic rings. The van der Waals surface area contributed by atoms with Crippen molar-refractivity contribution >= 4 is 11.6 Å². The lowest BCUT2D eigenvalue weighted by Gasteiger charge is -2.19. The van der Waals surface area contributed by atoms with E-state index in [0.717, 1.165) is 11.1 Å². The molecule has 3 aromatic carbocycles. The molecule has 3 rings (SSSR count). The van der Waals surface area contributed by atoms with Gasteiger partial charge in [0.2, 0.25) is 5.91 Å². The molecule has 4 heteroatoms. The summed E-state index contributed by atoms with van der Waals surface area (Å²) < 4.78 is 13.1. The second-order valence-electron chi connectivity index (χ2n) is 6.15. The van der Waals surface area contributed by atoms with E-state index in [-0.39, 0.29) is 11.7 Å². The van der Waals surface area contributed by atoms with Crippen molar-refractivity contribution in [2.45, 2.75) is 19.5 Å². The summed E-state index contributed by atoms with van der Waals surface area (Å²) in [4.78, 5) is 12.8. The van der Waals surface area contributed by atoms with Gasteiger partial charge < -0.3 is 5.32 Å². The Labute approximate surface area is 152 Å². The minimum absolute atomic E-state index is 0.184. The summed E-state index contributed by atoms with van der Waals surface area (Å²) in [5.41, 5.74) is 3.75. The first-order valence-corrected chi connectivity index (χ1v) is 8.53. The molecule has 0 aliphatic carbocycles. The monoisotopic (exact) mass is 348 g/mol. The molecule has 0 radical (unpaired) electrons. The molecule has 3 nitrogen and oxygen atoms in total. The van der Waals surface area contributed by atoms with Crippen molar-refractivity contribution in [3.63, 3.8) is 0 Å². The molecule has 0 unspecified atom stereocenters. The molecular formula is C22H21FN2O. The van der Waals surface area contributed by atoms with E-state index >= 15 is 0 Å². The van der Waals surface area contributed by atoms with Gasteiger partial charge in [0.25, 0.3) is 0 Å². The summed E-state index contributed by atoms with van der Waals surface area (Å²) in [7, 11) is 0. The summed E-state index contributed by atoms with van der Waals surface area (Å²) in [6.45, 7) is 2.62. The third kappa shape index (κ3) is 4.55. The molecule has 1 amide bonds. The molecule has 0 spiro atoms. The van der Waals surface area contributed by atoms with Gasteiger partial charge in [0.15, 0.2) is 0 Å². The van der Waals surface area contributed by atoms with E-state index < -0.39 is 6.04 Å². The predicted molar refractivity (Wildman–Crippen MR) is 102 cm³/mol. The van der Waals surface area contributed by atoms with Gasteiger partial charge in [-0.25, -0.2) is 4.39 Å². The van der Waals surface area contributed by atoms with Crippen LogP contribution in [-0.2, 0) is 11.3 Å².